The van der Waals surface area contributed by atoms with E-state index < -0.39 is 0 Å². The second kappa shape index (κ2) is 6.40. The van der Waals surface area contributed by atoms with Gasteiger partial charge >= 0.3 is 5.97 Å². The van der Waals surface area contributed by atoms with Gasteiger partial charge in [-0.1, -0.05) is 17.7 Å². The molecule has 1 atom stereocenters. The van der Waals surface area contributed by atoms with Gasteiger partial charge in [0.15, 0.2) is 0 Å². The Morgan fingerprint density at radius 3 is 3.20 bits per heavy atom. The lowest BCUT2D eigenvalue weighted by Crippen LogP contribution is -2.08. The normalized spacial score (nSPS) is 21.5. The van der Waals surface area contributed by atoms with Crippen molar-refractivity contribution in [3.8, 4) is 0 Å². The van der Waals surface area contributed by atoms with Gasteiger partial charge in [0, 0.05) is 6.08 Å². The van der Waals surface area contributed by atoms with E-state index in [1.165, 1.54) is 11.6 Å². The van der Waals surface area contributed by atoms with E-state index >= 15 is 0 Å². The van der Waals surface area contributed by atoms with Gasteiger partial charge in [0.1, 0.15) is 0 Å². The van der Waals surface area contributed by atoms with Crippen molar-refractivity contribution in [2.24, 2.45) is 0 Å². The van der Waals surface area contributed by atoms with Crippen molar-refractivity contribution < 1.29 is 14.6 Å². The summed E-state index contributed by atoms with van der Waals surface area (Å²) in [5, 5.41) is 9.38. The maximum Gasteiger partial charge on any atom is 0.330 e. The zero-order valence-corrected chi connectivity index (χ0v) is 9.11. The number of aliphatic hydroxyl groups excluding tert-OH is 1. The molecule has 1 aliphatic carbocycles. The third-order valence-electron chi connectivity index (χ3n) is 2.35. The average Bonchev–Trinajstić information content (AvgIpc) is 2.18. The Labute approximate surface area is 90.4 Å². The number of allylic oxidation sites excluding steroid dienone is 2. The maximum atomic E-state index is 11.0. The summed E-state index contributed by atoms with van der Waals surface area (Å²) in [4.78, 5) is 11.0. The van der Waals surface area contributed by atoms with Crippen LogP contribution in [0, 0.1) is 0 Å². The lowest BCUT2D eigenvalue weighted by atomic mass is 9.95. The van der Waals surface area contributed by atoms with Gasteiger partial charge in [-0.2, -0.15) is 0 Å². The van der Waals surface area contributed by atoms with E-state index in [0.717, 1.165) is 25.7 Å². The number of carbonyl (C=O) groups is 1. The van der Waals surface area contributed by atoms with Crippen LogP contribution in [0.4, 0.5) is 0 Å². The van der Waals surface area contributed by atoms with Crippen LogP contribution in [0.15, 0.2) is 23.8 Å². The highest BCUT2D eigenvalue weighted by molar-refractivity contribution is 5.81. The highest BCUT2D eigenvalue weighted by atomic mass is 16.5. The second-order valence-electron chi connectivity index (χ2n) is 3.64. The number of rotatable bonds is 4. The molecule has 0 amide bonds. The number of hydrogen-bond acceptors (Lipinski definition) is 3. The molecule has 0 heterocycles. The molecular formula is C12H18O3. The fourth-order valence-corrected chi connectivity index (χ4v) is 1.64. The topological polar surface area (TPSA) is 46.5 Å². The summed E-state index contributed by atoms with van der Waals surface area (Å²) in [5.74, 6) is -0.297. The van der Waals surface area contributed by atoms with Gasteiger partial charge in [-0.3, -0.25) is 0 Å². The highest BCUT2D eigenvalue weighted by Gasteiger charge is 2.09. The van der Waals surface area contributed by atoms with Crippen molar-refractivity contribution in [3.63, 3.8) is 0 Å². The van der Waals surface area contributed by atoms with Gasteiger partial charge in [-0.05, 0) is 32.6 Å². The Bertz CT molecular complexity index is 266. The van der Waals surface area contributed by atoms with Gasteiger partial charge in [-0.25, -0.2) is 4.79 Å². The highest BCUT2D eigenvalue weighted by Crippen LogP contribution is 2.20. The first-order valence-electron chi connectivity index (χ1n) is 5.43. The molecule has 3 heteroatoms. The molecule has 0 radical (unpaired) electrons. The van der Waals surface area contributed by atoms with Crippen molar-refractivity contribution in [1.82, 2.24) is 0 Å². The van der Waals surface area contributed by atoms with Crippen molar-refractivity contribution in [2.75, 3.05) is 6.61 Å². The van der Waals surface area contributed by atoms with E-state index in [9.17, 15) is 9.90 Å². The molecule has 1 aliphatic rings. The van der Waals surface area contributed by atoms with E-state index in [1.807, 2.05) is 6.08 Å². The Morgan fingerprint density at radius 1 is 1.73 bits per heavy atom. The van der Waals surface area contributed by atoms with E-state index in [1.54, 1.807) is 13.0 Å². The zero-order chi connectivity index (χ0) is 11.1. The molecule has 1 rings (SSSR count). The van der Waals surface area contributed by atoms with Crippen molar-refractivity contribution in [1.29, 1.82) is 0 Å². The van der Waals surface area contributed by atoms with Crippen LogP contribution < -0.4 is 0 Å². The van der Waals surface area contributed by atoms with Crippen molar-refractivity contribution in [3.05, 3.63) is 23.8 Å². The monoisotopic (exact) mass is 210 g/mol. The summed E-state index contributed by atoms with van der Waals surface area (Å²) in [5.41, 5.74) is 1.20. The standard InChI is InChI=1S/C12H18O3/c1-2-15-12(14)8-4-6-10-5-3-7-11(13)9-10/h4,8-9,11,13H,2-3,5-7H2,1H3/b8-4+. The quantitative estimate of drug-likeness (QED) is 0.438. The largest absolute Gasteiger partial charge is 0.463 e. The van der Waals surface area contributed by atoms with Gasteiger partial charge in [0.05, 0.1) is 12.7 Å². The first-order chi connectivity index (χ1) is 7.22. The van der Waals surface area contributed by atoms with Gasteiger partial charge in [0.25, 0.3) is 0 Å². The lowest BCUT2D eigenvalue weighted by Gasteiger charge is -2.15. The third-order valence-corrected chi connectivity index (χ3v) is 2.35. The summed E-state index contributed by atoms with van der Waals surface area (Å²) in [7, 11) is 0. The van der Waals surface area contributed by atoms with E-state index in [4.69, 9.17) is 4.74 Å². The van der Waals surface area contributed by atoms with Gasteiger partial charge in [-0.15, -0.1) is 0 Å². The van der Waals surface area contributed by atoms with Crippen LogP contribution in [-0.2, 0) is 9.53 Å². The molecule has 0 aromatic heterocycles. The molecule has 0 saturated heterocycles. The second-order valence-corrected chi connectivity index (χ2v) is 3.64. The molecular weight excluding hydrogens is 192 g/mol. The Balaban J connectivity index is 2.33. The molecule has 0 bridgehead atoms. The molecule has 3 nitrogen and oxygen atoms in total. The predicted molar refractivity (Wildman–Crippen MR) is 58.3 cm³/mol. The Hall–Kier alpha value is -1.09. The lowest BCUT2D eigenvalue weighted by molar-refractivity contribution is -0.137. The minimum Gasteiger partial charge on any atom is -0.463 e. The zero-order valence-electron chi connectivity index (χ0n) is 9.11. The minimum absolute atomic E-state index is 0.297. The number of hydrogen-bond donors (Lipinski definition) is 1. The van der Waals surface area contributed by atoms with E-state index in [-0.39, 0.29) is 12.1 Å². The molecule has 15 heavy (non-hydrogen) atoms. The number of esters is 1. The van der Waals surface area contributed by atoms with Crippen LogP contribution in [0.2, 0.25) is 0 Å². The fourth-order valence-electron chi connectivity index (χ4n) is 1.64. The van der Waals surface area contributed by atoms with E-state index in [0.29, 0.717) is 6.61 Å². The maximum absolute atomic E-state index is 11.0. The van der Waals surface area contributed by atoms with Gasteiger partial charge in [0.2, 0.25) is 0 Å². The molecule has 84 valence electrons. The first-order valence-corrected chi connectivity index (χ1v) is 5.43. The first kappa shape index (κ1) is 12.0. The number of carbonyl (C=O) groups excluding carboxylic acids is 1. The predicted octanol–water partition coefficient (Wildman–Crippen LogP) is 1.97. The molecule has 0 aromatic carbocycles. The SMILES string of the molecule is CCOC(=O)/C=C/CC1=CC(O)CCC1. The Kier molecular flexibility index (Phi) is 5.12. The summed E-state index contributed by atoms with van der Waals surface area (Å²) < 4.78 is 4.76. The van der Waals surface area contributed by atoms with E-state index in [2.05, 4.69) is 0 Å². The summed E-state index contributed by atoms with van der Waals surface area (Å²) in [6, 6.07) is 0. The fraction of sp³-hybridized carbons (Fsp3) is 0.583. The molecule has 1 N–H and O–H groups in total. The van der Waals surface area contributed by atoms with Crippen LogP contribution in [0.5, 0.6) is 0 Å². The average molecular weight is 210 g/mol. The Morgan fingerprint density at radius 2 is 2.53 bits per heavy atom. The summed E-state index contributed by atoms with van der Waals surface area (Å²) in [6.45, 7) is 2.19. The summed E-state index contributed by atoms with van der Waals surface area (Å²) in [6.07, 6.45) is 8.46. The summed E-state index contributed by atoms with van der Waals surface area (Å²) >= 11 is 0. The smallest absolute Gasteiger partial charge is 0.330 e. The molecule has 0 fully saturated rings. The van der Waals surface area contributed by atoms with Crippen LogP contribution >= 0.6 is 0 Å². The van der Waals surface area contributed by atoms with Crippen molar-refractivity contribution in [2.45, 2.75) is 38.7 Å². The molecule has 0 spiro atoms. The number of ether oxygens (including phenoxy) is 1. The van der Waals surface area contributed by atoms with Crippen LogP contribution in [0.1, 0.15) is 32.6 Å². The molecule has 0 aliphatic heterocycles. The molecule has 0 aromatic rings. The van der Waals surface area contributed by atoms with Gasteiger partial charge < -0.3 is 9.84 Å². The molecule has 1 unspecified atom stereocenters. The molecule has 0 saturated carbocycles. The minimum atomic E-state index is -0.301. The number of aliphatic hydroxyl groups is 1. The van der Waals surface area contributed by atoms with Crippen LogP contribution in [0.25, 0.3) is 0 Å². The third kappa shape index (κ3) is 4.79. The van der Waals surface area contributed by atoms with Crippen LogP contribution in [0.3, 0.4) is 0 Å². The van der Waals surface area contributed by atoms with Crippen LogP contribution in [-0.4, -0.2) is 23.8 Å². The van der Waals surface area contributed by atoms with Crippen molar-refractivity contribution >= 4 is 5.97 Å².